The fourth-order valence-electron chi connectivity index (χ4n) is 6.38. The Morgan fingerprint density at radius 2 is 1.76 bits per heavy atom. The highest BCUT2D eigenvalue weighted by Crippen LogP contribution is 2.70. The van der Waals surface area contributed by atoms with Crippen LogP contribution in [0.4, 0.5) is 0 Å². The van der Waals surface area contributed by atoms with Crippen molar-refractivity contribution < 1.29 is 0 Å². The minimum Gasteiger partial charge on any atom is -0.271 e. The van der Waals surface area contributed by atoms with Gasteiger partial charge in [-0.15, -0.1) is 6.58 Å². The fourth-order valence-corrected chi connectivity index (χ4v) is 6.38. The molecule has 17 heavy (non-hydrogen) atoms. The first-order valence-electron chi connectivity index (χ1n) is 7.01. The van der Waals surface area contributed by atoms with E-state index in [1.54, 1.807) is 0 Å². The molecule has 4 bridgehead atoms. The Kier molecular flexibility index (Phi) is 2.32. The number of hydrogen-bond donors (Lipinski definition) is 2. The summed E-state index contributed by atoms with van der Waals surface area (Å²) in [6.07, 6.45) is 10.4. The van der Waals surface area contributed by atoms with E-state index < -0.39 is 0 Å². The molecular formula is C15H26N2. The first kappa shape index (κ1) is 11.7. The van der Waals surface area contributed by atoms with Gasteiger partial charge in [0.2, 0.25) is 0 Å². The van der Waals surface area contributed by atoms with Crippen LogP contribution in [0.1, 0.15) is 52.4 Å². The lowest BCUT2D eigenvalue weighted by molar-refractivity contribution is -0.152. The fraction of sp³-hybridized carbons (Fsp3) is 0.867. The molecular weight excluding hydrogens is 208 g/mol. The number of nitrogens with one attached hydrogen (secondary N) is 1. The van der Waals surface area contributed by atoms with Gasteiger partial charge in [0.25, 0.3) is 0 Å². The standard InChI is InChI=1S/C15H26N2/c1-4-12(17-16)15-7-11-5-13(2,9-15)8-14(3,6-11)10-15/h4,11-12,17H,1,5-10,16H2,2-3H3. The molecule has 2 nitrogen and oxygen atoms in total. The zero-order valence-electron chi connectivity index (χ0n) is 11.3. The van der Waals surface area contributed by atoms with Gasteiger partial charge in [0, 0.05) is 6.04 Å². The van der Waals surface area contributed by atoms with Crippen LogP contribution in [0.5, 0.6) is 0 Å². The maximum absolute atomic E-state index is 5.77. The van der Waals surface area contributed by atoms with Crippen molar-refractivity contribution in [3.05, 3.63) is 12.7 Å². The summed E-state index contributed by atoms with van der Waals surface area (Å²) in [5.41, 5.74) is 4.54. The highest BCUT2D eigenvalue weighted by Gasteiger charge is 2.61. The van der Waals surface area contributed by atoms with Gasteiger partial charge in [0.1, 0.15) is 0 Å². The van der Waals surface area contributed by atoms with Crippen molar-refractivity contribution in [1.82, 2.24) is 5.43 Å². The summed E-state index contributed by atoms with van der Waals surface area (Å²) < 4.78 is 0. The molecule has 0 saturated heterocycles. The molecule has 0 radical (unpaired) electrons. The highest BCUT2D eigenvalue weighted by atomic mass is 15.2. The Morgan fingerprint density at radius 3 is 2.18 bits per heavy atom. The van der Waals surface area contributed by atoms with Crippen LogP contribution >= 0.6 is 0 Å². The Balaban J connectivity index is 1.99. The van der Waals surface area contributed by atoms with Crippen molar-refractivity contribution in [3.63, 3.8) is 0 Å². The molecule has 0 aromatic heterocycles. The molecule has 3 unspecified atom stereocenters. The largest absolute Gasteiger partial charge is 0.271 e. The molecule has 4 rings (SSSR count). The number of rotatable bonds is 3. The van der Waals surface area contributed by atoms with Crippen molar-refractivity contribution in [2.45, 2.75) is 58.4 Å². The van der Waals surface area contributed by atoms with Crippen molar-refractivity contribution in [2.75, 3.05) is 0 Å². The first-order valence-corrected chi connectivity index (χ1v) is 7.01. The summed E-state index contributed by atoms with van der Waals surface area (Å²) in [6.45, 7) is 8.99. The van der Waals surface area contributed by atoms with Crippen LogP contribution in [0.15, 0.2) is 12.7 Å². The topological polar surface area (TPSA) is 38.0 Å². The smallest absolute Gasteiger partial charge is 0.0444 e. The summed E-state index contributed by atoms with van der Waals surface area (Å²) in [5.74, 6) is 6.70. The van der Waals surface area contributed by atoms with E-state index in [4.69, 9.17) is 5.84 Å². The van der Waals surface area contributed by atoms with Gasteiger partial charge in [-0.25, -0.2) is 0 Å². The first-order chi connectivity index (χ1) is 7.93. The van der Waals surface area contributed by atoms with Crippen molar-refractivity contribution in [3.8, 4) is 0 Å². The normalized spacial score (nSPS) is 53.7. The van der Waals surface area contributed by atoms with E-state index in [9.17, 15) is 0 Å². The van der Waals surface area contributed by atoms with E-state index in [1.165, 1.54) is 38.5 Å². The lowest BCUT2D eigenvalue weighted by atomic mass is 9.39. The van der Waals surface area contributed by atoms with Crippen LogP contribution < -0.4 is 11.3 Å². The monoisotopic (exact) mass is 234 g/mol. The SMILES string of the molecule is C=CC(NN)C12CC3CC(C)(CC(C)(C3)C1)C2. The van der Waals surface area contributed by atoms with E-state index in [-0.39, 0.29) is 0 Å². The van der Waals surface area contributed by atoms with Gasteiger partial charge in [0.15, 0.2) is 0 Å². The van der Waals surface area contributed by atoms with Crippen LogP contribution in [0.25, 0.3) is 0 Å². The molecule has 4 fully saturated rings. The predicted octanol–water partition coefficient (Wildman–Crippen LogP) is 3.00. The summed E-state index contributed by atoms with van der Waals surface area (Å²) >= 11 is 0. The van der Waals surface area contributed by atoms with Gasteiger partial charge in [-0.05, 0) is 60.7 Å². The highest BCUT2D eigenvalue weighted by molar-refractivity contribution is 5.15. The van der Waals surface area contributed by atoms with E-state index in [0.29, 0.717) is 22.3 Å². The molecule has 4 saturated carbocycles. The maximum atomic E-state index is 5.77. The third-order valence-corrected chi connectivity index (χ3v) is 5.74. The predicted molar refractivity (Wildman–Crippen MR) is 71.1 cm³/mol. The average molecular weight is 234 g/mol. The molecule has 4 aliphatic carbocycles. The Bertz CT molecular complexity index is 331. The molecule has 4 aliphatic rings. The molecule has 3 N–H and O–H groups in total. The van der Waals surface area contributed by atoms with Crippen LogP contribution in [-0.4, -0.2) is 6.04 Å². The second-order valence-corrected chi connectivity index (χ2v) is 7.87. The number of hydrogen-bond acceptors (Lipinski definition) is 2. The third kappa shape index (κ3) is 1.61. The van der Waals surface area contributed by atoms with Crippen molar-refractivity contribution >= 4 is 0 Å². The van der Waals surface area contributed by atoms with Crippen LogP contribution in [0, 0.1) is 22.2 Å². The second-order valence-electron chi connectivity index (χ2n) is 7.87. The molecule has 0 aromatic carbocycles. The summed E-state index contributed by atoms with van der Waals surface area (Å²) in [7, 11) is 0. The van der Waals surface area contributed by atoms with Gasteiger partial charge in [-0.1, -0.05) is 19.9 Å². The molecule has 0 amide bonds. The van der Waals surface area contributed by atoms with Gasteiger partial charge >= 0.3 is 0 Å². The molecule has 3 atom stereocenters. The average Bonchev–Trinajstić information content (AvgIpc) is 2.12. The van der Waals surface area contributed by atoms with Crippen LogP contribution in [-0.2, 0) is 0 Å². The quantitative estimate of drug-likeness (QED) is 0.447. The minimum absolute atomic E-state index is 0.296. The molecule has 0 aromatic rings. The Morgan fingerprint density at radius 1 is 1.18 bits per heavy atom. The molecule has 0 heterocycles. The van der Waals surface area contributed by atoms with Crippen molar-refractivity contribution in [1.29, 1.82) is 0 Å². The van der Waals surface area contributed by atoms with E-state index in [1.807, 2.05) is 6.08 Å². The van der Waals surface area contributed by atoms with Crippen LogP contribution in [0.3, 0.4) is 0 Å². The lowest BCUT2D eigenvalue weighted by Gasteiger charge is -2.67. The Labute approximate surface area is 105 Å². The van der Waals surface area contributed by atoms with E-state index >= 15 is 0 Å². The molecule has 2 heteroatoms. The Hall–Kier alpha value is -0.340. The van der Waals surface area contributed by atoms with Crippen LogP contribution in [0.2, 0.25) is 0 Å². The summed E-state index contributed by atoms with van der Waals surface area (Å²) in [4.78, 5) is 0. The van der Waals surface area contributed by atoms with Gasteiger partial charge < -0.3 is 0 Å². The van der Waals surface area contributed by atoms with E-state index in [2.05, 4.69) is 25.9 Å². The van der Waals surface area contributed by atoms with Crippen molar-refractivity contribution in [2.24, 2.45) is 28.0 Å². The summed E-state index contributed by atoms with van der Waals surface area (Å²) in [5, 5.41) is 0. The molecule has 96 valence electrons. The second kappa shape index (κ2) is 3.36. The summed E-state index contributed by atoms with van der Waals surface area (Å²) in [6, 6.07) is 0.296. The minimum atomic E-state index is 0.296. The van der Waals surface area contributed by atoms with Gasteiger partial charge in [0.05, 0.1) is 0 Å². The number of nitrogens with two attached hydrogens (primary N) is 1. The number of hydrazine groups is 1. The zero-order chi connectivity index (χ0) is 12.3. The lowest BCUT2D eigenvalue weighted by Crippen LogP contribution is -2.61. The van der Waals surface area contributed by atoms with E-state index in [0.717, 1.165) is 5.92 Å². The zero-order valence-corrected chi connectivity index (χ0v) is 11.3. The molecule has 0 aliphatic heterocycles. The van der Waals surface area contributed by atoms with Gasteiger partial charge in [-0.3, -0.25) is 11.3 Å². The molecule has 0 spiro atoms. The maximum Gasteiger partial charge on any atom is 0.0444 e. The third-order valence-electron chi connectivity index (χ3n) is 5.74. The van der Waals surface area contributed by atoms with Gasteiger partial charge in [-0.2, -0.15) is 0 Å².